The van der Waals surface area contributed by atoms with Gasteiger partial charge in [-0.15, -0.1) is 0 Å². The van der Waals surface area contributed by atoms with E-state index in [1.54, 1.807) is 24.4 Å². The van der Waals surface area contributed by atoms with Crippen LogP contribution in [0.5, 0.6) is 0 Å². The molecule has 30 heavy (non-hydrogen) atoms. The van der Waals surface area contributed by atoms with Crippen LogP contribution >= 0.6 is 11.6 Å². The van der Waals surface area contributed by atoms with Crippen molar-refractivity contribution in [1.82, 2.24) is 14.7 Å². The number of carbonyl (C=O) groups is 1. The summed E-state index contributed by atoms with van der Waals surface area (Å²) >= 11 is 6.15. The fourth-order valence-corrected chi connectivity index (χ4v) is 4.84. The molecular formula is C21H23ClN4O3S. The second kappa shape index (κ2) is 7.92. The first kappa shape index (κ1) is 20.7. The SMILES string of the molecule is Cc1ccc(Cl)cc1N1CCC(CNC(=O)c2nc(S(C)(=O)=O)n3ccccc23)C1. The number of nitrogens with zero attached hydrogens (tertiary/aromatic N) is 3. The molecule has 1 atom stereocenters. The first-order valence-electron chi connectivity index (χ1n) is 9.70. The van der Waals surface area contributed by atoms with Crippen LogP contribution in [0.4, 0.5) is 5.69 Å². The first-order valence-corrected chi connectivity index (χ1v) is 12.0. The molecule has 1 fully saturated rings. The van der Waals surface area contributed by atoms with Crippen LogP contribution < -0.4 is 10.2 Å². The lowest BCUT2D eigenvalue weighted by molar-refractivity contribution is 0.0945. The molecule has 0 spiro atoms. The first-order chi connectivity index (χ1) is 14.2. The highest BCUT2D eigenvalue weighted by molar-refractivity contribution is 7.90. The number of hydrogen-bond acceptors (Lipinski definition) is 5. The Bertz CT molecular complexity index is 1220. The Morgan fingerprint density at radius 1 is 1.30 bits per heavy atom. The molecule has 0 radical (unpaired) electrons. The number of carbonyl (C=O) groups excluding carboxylic acids is 1. The van der Waals surface area contributed by atoms with Crippen LogP contribution in [-0.2, 0) is 9.84 Å². The van der Waals surface area contributed by atoms with Crippen molar-refractivity contribution in [3.63, 3.8) is 0 Å². The topological polar surface area (TPSA) is 83.8 Å². The number of anilines is 1. The molecule has 0 bridgehead atoms. The molecule has 1 aliphatic rings. The Morgan fingerprint density at radius 3 is 2.87 bits per heavy atom. The van der Waals surface area contributed by atoms with Crippen LogP contribution in [-0.4, -0.2) is 49.6 Å². The van der Waals surface area contributed by atoms with Crippen LogP contribution in [0.2, 0.25) is 5.02 Å². The van der Waals surface area contributed by atoms with E-state index in [1.807, 2.05) is 18.2 Å². The van der Waals surface area contributed by atoms with Gasteiger partial charge in [0.05, 0.1) is 5.52 Å². The third-order valence-electron chi connectivity index (χ3n) is 5.41. The van der Waals surface area contributed by atoms with Gasteiger partial charge in [0.1, 0.15) is 0 Å². The van der Waals surface area contributed by atoms with Crippen molar-refractivity contribution in [3.05, 3.63) is 58.9 Å². The molecule has 1 aromatic carbocycles. The van der Waals surface area contributed by atoms with E-state index >= 15 is 0 Å². The molecule has 0 saturated carbocycles. The van der Waals surface area contributed by atoms with Gasteiger partial charge in [-0.25, -0.2) is 13.4 Å². The van der Waals surface area contributed by atoms with Crippen molar-refractivity contribution in [2.24, 2.45) is 5.92 Å². The van der Waals surface area contributed by atoms with E-state index in [0.29, 0.717) is 17.1 Å². The number of hydrogen-bond donors (Lipinski definition) is 1. The summed E-state index contributed by atoms with van der Waals surface area (Å²) in [5.41, 5.74) is 2.88. The molecule has 1 aliphatic heterocycles. The van der Waals surface area contributed by atoms with E-state index in [9.17, 15) is 13.2 Å². The standard InChI is InChI=1S/C21H23ClN4O3S/c1-14-6-7-16(22)11-18(14)25-10-8-15(13-25)12-23-20(27)19-17-5-3-4-9-26(17)21(24-19)30(2,28)29/h3-7,9,11,15H,8,10,12-13H2,1-2H3,(H,23,27). The zero-order chi connectivity index (χ0) is 21.5. The van der Waals surface area contributed by atoms with Crippen molar-refractivity contribution >= 4 is 38.5 Å². The third kappa shape index (κ3) is 4.02. The minimum Gasteiger partial charge on any atom is -0.371 e. The fourth-order valence-electron chi connectivity index (χ4n) is 3.90. The maximum atomic E-state index is 12.8. The van der Waals surface area contributed by atoms with E-state index in [2.05, 4.69) is 22.1 Å². The average molecular weight is 447 g/mol. The van der Waals surface area contributed by atoms with Gasteiger partial charge >= 0.3 is 0 Å². The summed E-state index contributed by atoms with van der Waals surface area (Å²) in [4.78, 5) is 19.2. The Hall–Kier alpha value is -2.58. The molecule has 4 rings (SSSR count). The smallest absolute Gasteiger partial charge is 0.272 e. The van der Waals surface area contributed by atoms with Crippen molar-refractivity contribution < 1.29 is 13.2 Å². The predicted octanol–water partition coefficient (Wildman–Crippen LogP) is 2.96. The number of sulfone groups is 1. The second-order valence-corrected chi connectivity index (χ2v) is 10.1. The van der Waals surface area contributed by atoms with E-state index in [1.165, 1.54) is 9.96 Å². The molecule has 3 heterocycles. The van der Waals surface area contributed by atoms with Gasteiger partial charge in [-0.3, -0.25) is 9.20 Å². The summed E-state index contributed by atoms with van der Waals surface area (Å²) in [5.74, 6) is -0.0819. The van der Waals surface area contributed by atoms with Crippen molar-refractivity contribution in [2.45, 2.75) is 18.5 Å². The summed E-state index contributed by atoms with van der Waals surface area (Å²) in [5, 5.41) is 3.51. The highest BCUT2D eigenvalue weighted by Crippen LogP contribution is 2.29. The molecule has 9 heteroatoms. The molecule has 158 valence electrons. The van der Waals surface area contributed by atoms with Gasteiger partial charge in [0.25, 0.3) is 5.91 Å². The number of benzene rings is 1. The number of aromatic nitrogens is 2. The van der Waals surface area contributed by atoms with E-state index in [4.69, 9.17) is 11.6 Å². The Morgan fingerprint density at radius 2 is 2.10 bits per heavy atom. The fraction of sp³-hybridized carbons (Fsp3) is 0.333. The highest BCUT2D eigenvalue weighted by Gasteiger charge is 2.26. The number of fused-ring (bicyclic) bond motifs is 1. The lowest BCUT2D eigenvalue weighted by atomic mass is 10.1. The third-order valence-corrected chi connectivity index (χ3v) is 6.60. The van der Waals surface area contributed by atoms with E-state index in [0.717, 1.165) is 31.5 Å². The van der Waals surface area contributed by atoms with Crippen LogP contribution in [0.25, 0.3) is 5.52 Å². The molecule has 2 aromatic heterocycles. The van der Waals surface area contributed by atoms with Gasteiger partial charge in [0, 0.05) is 42.8 Å². The minimum absolute atomic E-state index is 0.122. The molecule has 0 aliphatic carbocycles. The monoisotopic (exact) mass is 446 g/mol. The van der Waals surface area contributed by atoms with Crippen molar-refractivity contribution in [3.8, 4) is 0 Å². The summed E-state index contributed by atoms with van der Waals surface area (Å²) in [6.07, 6.45) is 3.63. The molecule has 7 nitrogen and oxygen atoms in total. The van der Waals surface area contributed by atoms with Gasteiger partial charge in [-0.2, -0.15) is 0 Å². The predicted molar refractivity (Wildman–Crippen MR) is 117 cm³/mol. The second-order valence-electron chi connectivity index (χ2n) is 7.71. The maximum Gasteiger partial charge on any atom is 0.272 e. The number of rotatable bonds is 5. The van der Waals surface area contributed by atoms with Crippen LogP contribution in [0, 0.1) is 12.8 Å². The number of nitrogens with one attached hydrogen (secondary N) is 1. The average Bonchev–Trinajstić information content (AvgIpc) is 3.32. The van der Waals surface area contributed by atoms with E-state index in [-0.39, 0.29) is 22.7 Å². The maximum absolute atomic E-state index is 12.8. The number of imidazole rings is 1. The zero-order valence-electron chi connectivity index (χ0n) is 16.8. The molecule has 1 unspecified atom stereocenters. The Labute approximate surface area is 180 Å². The highest BCUT2D eigenvalue weighted by atomic mass is 35.5. The van der Waals surface area contributed by atoms with Gasteiger partial charge < -0.3 is 10.2 Å². The largest absolute Gasteiger partial charge is 0.371 e. The number of halogens is 1. The summed E-state index contributed by atoms with van der Waals surface area (Å²) in [6, 6.07) is 11.0. The van der Waals surface area contributed by atoms with Gasteiger partial charge in [0.15, 0.2) is 5.69 Å². The quantitative estimate of drug-likeness (QED) is 0.651. The van der Waals surface area contributed by atoms with Gasteiger partial charge in [-0.1, -0.05) is 23.7 Å². The molecule has 3 aromatic rings. The van der Waals surface area contributed by atoms with Crippen LogP contribution in [0.1, 0.15) is 22.5 Å². The van der Waals surface area contributed by atoms with E-state index < -0.39 is 9.84 Å². The number of amides is 1. The summed E-state index contributed by atoms with van der Waals surface area (Å²) in [6.45, 7) is 4.27. The number of aryl methyl sites for hydroxylation is 1. The molecule has 1 N–H and O–H groups in total. The lowest BCUT2D eigenvalue weighted by Crippen LogP contribution is -2.31. The van der Waals surface area contributed by atoms with Gasteiger partial charge in [-0.05, 0) is 49.1 Å². The molecule has 1 saturated heterocycles. The molecular weight excluding hydrogens is 424 g/mol. The minimum atomic E-state index is -3.56. The Balaban J connectivity index is 1.47. The summed E-state index contributed by atoms with van der Waals surface area (Å²) in [7, 11) is -3.56. The van der Waals surface area contributed by atoms with Crippen LogP contribution in [0.15, 0.2) is 47.8 Å². The Kier molecular flexibility index (Phi) is 5.46. The van der Waals surface area contributed by atoms with Crippen molar-refractivity contribution in [1.29, 1.82) is 0 Å². The zero-order valence-corrected chi connectivity index (χ0v) is 18.4. The summed E-state index contributed by atoms with van der Waals surface area (Å²) < 4.78 is 25.5. The van der Waals surface area contributed by atoms with Crippen LogP contribution in [0.3, 0.4) is 0 Å². The molecule has 1 amide bonds. The normalized spacial score (nSPS) is 16.9. The van der Waals surface area contributed by atoms with Crippen molar-refractivity contribution in [2.75, 3.05) is 30.8 Å². The lowest BCUT2D eigenvalue weighted by Gasteiger charge is -2.21. The van der Waals surface area contributed by atoms with Gasteiger partial charge in [0.2, 0.25) is 15.0 Å². The number of pyridine rings is 1.